The van der Waals surface area contributed by atoms with Gasteiger partial charge in [-0.1, -0.05) is 6.07 Å². The summed E-state index contributed by atoms with van der Waals surface area (Å²) in [4.78, 5) is 41.0. The number of nitrogens with one attached hydrogen (secondary N) is 1. The number of amides is 3. The van der Waals surface area contributed by atoms with Gasteiger partial charge >= 0.3 is 0 Å². The minimum atomic E-state index is -0.292. The number of anilines is 1. The molecule has 1 aromatic heterocycles. The molecule has 1 N–H and O–H groups in total. The van der Waals surface area contributed by atoms with Crippen molar-refractivity contribution in [2.45, 2.75) is 6.92 Å². The highest BCUT2D eigenvalue weighted by molar-refractivity contribution is 7.12. The van der Waals surface area contributed by atoms with Crippen LogP contribution >= 0.6 is 11.3 Å². The largest absolute Gasteiger partial charge is 0.493 e. The van der Waals surface area contributed by atoms with Crippen molar-refractivity contribution in [3.05, 3.63) is 40.1 Å². The first kappa shape index (κ1) is 20.7. The van der Waals surface area contributed by atoms with E-state index in [-0.39, 0.29) is 17.7 Å². The van der Waals surface area contributed by atoms with Crippen molar-refractivity contribution in [2.75, 3.05) is 45.7 Å². The number of carbonyl (C=O) groups is 3. The number of benzene rings is 1. The van der Waals surface area contributed by atoms with Crippen molar-refractivity contribution in [1.29, 1.82) is 0 Å². The number of rotatable bonds is 5. The second-order valence-corrected chi connectivity index (χ2v) is 7.44. The average molecular weight is 417 g/mol. The Morgan fingerprint density at radius 1 is 1.03 bits per heavy atom. The molecule has 1 aliphatic heterocycles. The molecule has 0 bridgehead atoms. The summed E-state index contributed by atoms with van der Waals surface area (Å²) >= 11 is 1.32. The minimum absolute atomic E-state index is 0.00166. The van der Waals surface area contributed by atoms with Crippen LogP contribution in [0.5, 0.6) is 11.5 Å². The molecule has 2 aromatic rings. The standard InChI is InChI=1S/C20H23N3O5S/c1-13(24)22-6-8-23(9-7-22)20(26)14-11-15(18(28-3)16(12-14)27-2)21-19(25)17-5-4-10-29-17/h4-5,10-12H,6-9H2,1-3H3,(H,21,25). The highest BCUT2D eigenvalue weighted by atomic mass is 32.1. The number of carbonyl (C=O) groups excluding carboxylic acids is 3. The maximum Gasteiger partial charge on any atom is 0.265 e. The average Bonchev–Trinajstić information content (AvgIpc) is 3.27. The maximum atomic E-state index is 13.0. The van der Waals surface area contributed by atoms with Gasteiger partial charge in [0.25, 0.3) is 11.8 Å². The van der Waals surface area contributed by atoms with Crippen LogP contribution in [0.25, 0.3) is 0 Å². The maximum absolute atomic E-state index is 13.0. The van der Waals surface area contributed by atoms with Gasteiger partial charge in [0, 0.05) is 38.7 Å². The van der Waals surface area contributed by atoms with Crippen LogP contribution in [0.1, 0.15) is 27.0 Å². The predicted octanol–water partition coefficient (Wildman–Crippen LogP) is 2.32. The van der Waals surface area contributed by atoms with E-state index in [1.807, 2.05) is 5.38 Å². The van der Waals surface area contributed by atoms with E-state index in [0.717, 1.165) is 0 Å². The summed E-state index contributed by atoms with van der Waals surface area (Å²) in [5.41, 5.74) is 0.733. The smallest absolute Gasteiger partial charge is 0.265 e. The van der Waals surface area contributed by atoms with E-state index in [1.54, 1.807) is 34.1 Å². The Balaban J connectivity index is 1.86. The Hall–Kier alpha value is -3.07. The van der Waals surface area contributed by atoms with Crippen LogP contribution in [0.15, 0.2) is 29.6 Å². The highest BCUT2D eigenvalue weighted by Crippen LogP contribution is 2.37. The first-order valence-corrected chi connectivity index (χ1v) is 9.98. The summed E-state index contributed by atoms with van der Waals surface area (Å²) in [5, 5.41) is 4.61. The van der Waals surface area contributed by atoms with Crippen molar-refractivity contribution in [1.82, 2.24) is 9.80 Å². The molecule has 8 nitrogen and oxygen atoms in total. The van der Waals surface area contributed by atoms with Gasteiger partial charge in [-0.3, -0.25) is 14.4 Å². The van der Waals surface area contributed by atoms with Crippen molar-refractivity contribution in [2.24, 2.45) is 0 Å². The van der Waals surface area contributed by atoms with Crippen molar-refractivity contribution in [3.63, 3.8) is 0 Å². The summed E-state index contributed by atoms with van der Waals surface area (Å²) in [6, 6.07) is 6.69. The molecule has 0 atom stereocenters. The molecule has 1 fully saturated rings. The summed E-state index contributed by atoms with van der Waals surface area (Å²) in [7, 11) is 2.95. The molecule has 3 rings (SSSR count). The fraction of sp³-hybridized carbons (Fsp3) is 0.350. The van der Waals surface area contributed by atoms with E-state index in [1.165, 1.54) is 32.5 Å². The second kappa shape index (κ2) is 8.95. The van der Waals surface area contributed by atoms with Crippen LogP contribution in [-0.2, 0) is 4.79 Å². The molecular weight excluding hydrogens is 394 g/mol. The first-order chi connectivity index (χ1) is 13.9. The molecular formula is C20H23N3O5S. The number of piperazine rings is 1. The van der Waals surface area contributed by atoms with Gasteiger partial charge < -0.3 is 24.6 Å². The first-order valence-electron chi connectivity index (χ1n) is 9.10. The lowest BCUT2D eigenvalue weighted by Crippen LogP contribution is -2.50. The van der Waals surface area contributed by atoms with Crippen molar-refractivity contribution >= 4 is 34.7 Å². The zero-order chi connectivity index (χ0) is 21.0. The van der Waals surface area contributed by atoms with E-state index in [9.17, 15) is 14.4 Å². The highest BCUT2D eigenvalue weighted by Gasteiger charge is 2.25. The van der Waals surface area contributed by atoms with E-state index < -0.39 is 0 Å². The quantitative estimate of drug-likeness (QED) is 0.807. The molecule has 1 saturated heterocycles. The van der Waals surface area contributed by atoms with Crippen molar-refractivity contribution < 1.29 is 23.9 Å². The Kier molecular flexibility index (Phi) is 6.38. The van der Waals surface area contributed by atoms with Crippen molar-refractivity contribution in [3.8, 4) is 11.5 Å². The van der Waals surface area contributed by atoms with Gasteiger partial charge in [0.05, 0.1) is 24.8 Å². The van der Waals surface area contributed by atoms with Crippen LogP contribution in [0.2, 0.25) is 0 Å². The van der Waals surface area contributed by atoms with Gasteiger partial charge in [0.2, 0.25) is 5.91 Å². The number of ether oxygens (including phenoxy) is 2. The van der Waals surface area contributed by atoms with Crippen LogP contribution in [0.3, 0.4) is 0 Å². The minimum Gasteiger partial charge on any atom is -0.493 e. The van der Waals surface area contributed by atoms with Gasteiger partial charge in [0.1, 0.15) is 0 Å². The lowest BCUT2D eigenvalue weighted by atomic mass is 10.1. The lowest BCUT2D eigenvalue weighted by molar-refractivity contribution is -0.130. The lowest BCUT2D eigenvalue weighted by Gasteiger charge is -2.34. The summed E-state index contributed by atoms with van der Waals surface area (Å²) < 4.78 is 10.8. The Bertz CT molecular complexity index is 905. The zero-order valence-corrected chi connectivity index (χ0v) is 17.4. The number of thiophene rings is 1. The van der Waals surface area contributed by atoms with E-state index >= 15 is 0 Å². The molecule has 29 heavy (non-hydrogen) atoms. The monoisotopic (exact) mass is 417 g/mol. The predicted molar refractivity (Wildman–Crippen MR) is 110 cm³/mol. The van der Waals surface area contributed by atoms with Crippen LogP contribution < -0.4 is 14.8 Å². The topological polar surface area (TPSA) is 88.2 Å². The van der Waals surface area contributed by atoms with E-state index in [0.29, 0.717) is 53.8 Å². The number of hydrogen-bond acceptors (Lipinski definition) is 6. The molecule has 0 spiro atoms. The molecule has 9 heteroatoms. The molecule has 1 aromatic carbocycles. The number of nitrogens with zero attached hydrogens (tertiary/aromatic N) is 2. The normalized spacial score (nSPS) is 13.8. The van der Waals surface area contributed by atoms with Gasteiger partial charge in [0.15, 0.2) is 11.5 Å². The van der Waals surface area contributed by atoms with Gasteiger partial charge in [-0.15, -0.1) is 11.3 Å². The van der Waals surface area contributed by atoms with Gasteiger partial charge in [-0.2, -0.15) is 0 Å². The third kappa shape index (κ3) is 4.51. The summed E-state index contributed by atoms with van der Waals surface area (Å²) in [5.74, 6) is 0.208. The third-order valence-corrected chi connectivity index (χ3v) is 5.60. The Morgan fingerprint density at radius 3 is 2.28 bits per heavy atom. The molecule has 3 amide bonds. The van der Waals surface area contributed by atoms with Gasteiger partial charge in [-0.25, -0.2) is 0 Å². The SMILES string of the molecule is COc1cc(C(=O)N2CCN(C(C)=O)CC2)cc(NC(=O)c2cccs2)c1OC. The van der Waals surface area contributed by atoms with Crippen LogP contribution in [0, 0.1) is 0 Å². The molecule has 0 saturated carbocycles. The second-order valence-electron chi connectivity index (χ2n) is 6.49. The Labute approximate surface area is 173 Å². The fourth-order valence-corrected chi connectivity index (χ4v) is 3.80. The summed E-state index contributed by atoms with van der Waals surface area (Å²) in [6.07, 6.45) is 0. The summed E-state index contributed by atoms with van der Waals surface area (Å²) in [6.45, 7) is 3.41. The van der Waals surface area contributed by atoms with Crippen LogP contribution in [0.4, 0.5) is 5.69 Å². The molecule has 2 heterocycles. The third-order valence-electron chi connectivity index (χ3n) is 4.73. The van der Waals surface area contributed by atoms with Gasteiger partial charge in [-0.05, 0) is 23.6 Å². The molecule has 0 radical (unpaired) electrons. The zero-order valence-electron chi connectivity index (χ0n) is 16.6. The van der Waals surface area contributed by atoms with E-state index in [4.69, 9.17) is 9.47 Å². The van der Waals surface area contributed by atoms with Crippen LogP contribution in [-0.4, -0.2) is 67.9 Å². The number of hydrogen-bond donors (Lipinski definition) is 1. The fourth-order valence-electron chi connectivity index (χ4n) is 3.18. The molecule has 1 aliphatic rings. The Morgan fingerprint density at radius 2 is 1.72 bits per heavy atom. The molecule has 154 valence electrons. The van der Waals surface area contributed by atoms with E-state index in [2.05, 4.69) is 5.32 Å². The molecule has 0 aliphatic carbocycles. The molecule has 0 unspecified atom stereocenters. The number of methoxy groups -OCH3 is 2.